The van der Waals surface area contributed by atoms with Crippen LogP contribution in [-0.2, 0) is 9.59 Å². The first kappa shape index (κ1) is 13.9. The van der Waals surface area contributed by atoms with Crippen LogP contribution in [0.25, 0.3) is 11.1 Å². The first-order valence-electron chi connectivity index (χ1n) is 7.94. The van der Waals surface area contributed by atoms with E-state index in [4.69, 9.17) is 0 Å². The minimum absolute atomic E-state index is 0.0623. The van der Waals surface area contributed by atoms with E-state index in [0.29, 0.717) is 18.5 Å². The lowest BCUT2D eigenvalue weighted by Crippen LogP contribution is -2.31. The number of anilines is 1. The Kier molecular flexibility index (Phi) is 3.34. The maximum atomic E-state index is 12.8. The van der Waals surface area contributed by atoms with Crippen molar-refractivity contribution in [3.63, 3.8) is 0 Å². The highest BCUT2D eigenvalue weighted by atomic mass is 16.2. The number of para-hydroxylation sites is 1. The minimum Gasteiger partial charge on any atom is -0.274 e. The van der Waals surface area contributed by atoms with E-state index >= 15 is 0 Å². The van der Waals surface area contributed by atoms with Crippen molar-refractivity contribution in [2.45, 2.75) is 12.8 Å². The second kappa shape index (κ2) is 5.51. The van der Waals surface area contributed by atoms with Crippen molar-refractivity contribution in [1.29, 1.82) is 0 Å². The lowest BCUT2D eigenvalue weighted by Gasteiger charge is -2.19. The van der Waals surface area contributed by atoms with E-state index < -0.39 is 0 Å². The number of allylic oxidation sites excluding steroid dienone is 2. The first-order valence-corrected chi connectivity index (χ1v) is 7.94. The molecule has 2 aromatic rings. The van der Waals surface area contributed by atoms with Gasteiger partial charge in [-0.15, -0.1) is 0 Å². The number of nitrogens with zero attached hydrogens (tertiary/aromatic N) is 1. The fraction of sp³-hybridized carbons (Fsp3) is 0.200. The summed E-state index contributed by atoms with van der Waals surface area (Å²) in [4.78, 5) is 27.0. The van der Waals surface area contributed by atoms with Gasteiger partial charge in [0.25, 0.3) is 0 Å². The Morgan fingerprint density at radius 3 is 1.96 bits per heavy atom. The van der Waals surface area contributed by atoms with E-state index in [9.17, 15) is 9.59 Å². The Labute approximate surface area is 135 Å². The number of carbonyl (C=O) groups excluding carboxylic acids is 2. The molecule has 0 bridgehead atoms. The Bertz CT molecular complexity index is 768. The topological polar surface area (TPSA) is 37.4 Å². The Morgan fingerprint density at radius 1 is 0.739 bits per heavy atom. The van der Waals surface area contributed by atoms with Crippen molar-refractivity contribution < 1.29 is 9.59 Å². The summed E-state index contributed by atoms with van der Waals surface area (Å²) in [7, 11) is 0. The molecule has 0 radical (unpaired) electrons. The molecule has 114 valence electrons. The molecule has 0 aromatic heterocycles. The summed E-state index contributed by atoms with van der Waals surface area (Å²) >= 11 is 0. The summed E-state index contributed by atoms with van der Waals surface area (Å²) in [6.07, 6.45) is 5.36. The summed E-state index contributed by atoms with van der Waals surface area (Å²) in [5, 5.41) is 0. The van der Waals surface area contributed by atoms with E-state index in [1.165, 1.54) is 4.90 Å². The maximum Gasteiger partial charge on any atom is 0.238 e. The number of fused-ring (bicyclic) bond motifs is 1. The summed E-state index contributed by atoms with van der Waals surface area (Å²) in [5.41, 5.74) is 2.63. The van der Waals surface area contributed by atoms with Crippen LogP contribution in [0.5, 0.6) is 0 Å². The van der Waals surface area contributed by atoms with Crippen LogP contribution >= 0.6 is 0 Å². The molecule has 3 nitrogen and oxygen atoms in total. The molecule has 1 aliphatic carbocycles. The average Bonchev–Trinajstić information content (AvgIpc) is 2.87. The molecule has 2 amide bonds. The van der Waals surface area contributed by atoms with Crippen LogP contribution in [0.15, 0.2) is 66.7 Å². The highest BCUT2D eigenvalue weighted by molar-refractivity contribution is 6.23. The van der Waals surface area contributed by atoms with Gasteiger partial charge < -0.3 is 0 Å². The van der Waals surface area contributed by atoms with Gasteiger partial charge in [-0.2, -0.15) is 0 Å². The van der Waals surface area contributed by atoms with Crippen molar-refractivity contribution in [1.82, 2.24) is 0 Å². The molecule has 1 fully saturated rings. The van der Waals surface area contributed by atoms with E-state index in [-0.39, 0.29) is 23.7 Å². The van der Waals surface area contributed by atoms with Gasteiger partial charge in [-0.25, -0.2) is 4.90 Å². The van der Waals surface area contributed by atoms with Crippen LogP contribution < -0.4 is 4.90 Å². The monoisotopic (exact) mass is 303 g/mol. The Balaban J connectivity index is 1.80. The average molecular weight is 303 g/mol. The van der Waals surface area contributed by atoms with Gasteiger partial charge in [0.2, 0.25) is 11.8 Å². The van der Waals surface area contributed by atoms with Crippen molar-refractivity contribution in [3.05, 3.63) is 66.7 Å². The molecular weight excluding hydrogens is 286 g/mol. The molecule has 3 heteroatoms. The highest BCUT2D eigenvalue weighted by Crippen LogP contribution is 2.40. The van der Waals surface area contributed by atoms with Gasteiger partial charge in [0.1, 0.15) is 0 Å². The van der Waals surface area contributed by atoms with Gasteiger partial charge in [0.05, 0.1) is 17.5 Å². The number of hydrogen-bond acceptors (Lipinski definition) is 2. The third-order valence-corrected chi connectivity index (χ3v) is 4.74. The molecule has 0 N–H and O–H groups in total. The first-order chi connectivity index (χ1) is 11.3. The Hall–Kier alpha value is -2.68. The van der Waals surface area contributed by atoms with Crippen LogP contribution in [-0.4, -0.2) is 11.8 Å². The second-order valence-electron chi connectivity index (χ2n) is 6.05. The number of carbonyl (C=O) groups is 2. The number of imide groups is 1. The lowest BCUT2D eigenvalue weighted by molar-refractivity contribution is -0.122. The zero-order chi connectivity index (χ0) is 15.8. The maximum absolute atomic E-state index is 12.8. The van der Waals surface area contributed by atoms with Crippen LogP contribution in [0.1, 0.15) is 12.8 Å². The van der Waals surface area contributed by atoms with E-state index in [2.05, 4.69) is 0 Å². The van der Waals surface area contributed by atoms with Crippen LogP contribution in [0.2, 0.25) is 0 Å². The zero-order valence-electron chi connectivity index (χ0n) is 12.7. The number of rotatable bonds is 2. The molecule has 1 heterocycles. The van der Waals surface area contributed by atoms with Crippen molar-refractivity contribution in [2.75, 3.05) is 4.90 Å². The van der Waals surface area contributed by atoms with Crippen molar-refractivity contribution in [2.24, 2.45) is 11.8 Å². The molecule has 2 atom stereocenters. The number of hydrogen-bond donors (Lipinski definition) is 0. The molecule has 2 aliphatic rings. The predicted octanol–water partition coefficient (Wildman–Crippen LogP) is 3.81. The summed E-state index contributed by atoms with van der Waals surface area (Å²) < 4.78 is 0. The molecule has 0 unspecified atom stereocenters. The SMILES string of the molecule is O=C1[C@H]2CC=CC[C@@H]2C(=O)N1c1ccccc1-c1ccccc1. The van der Waals surface area contributed by atoms with Gasteiger partial charge >= 0.3 is 0 Å². The van der Waals surface area contributed by atoms with Gasteiger partial charge in [-0.3, -0.25) is 9.59 Å². The molecular formula is C20H17NO2. The molecule has 4 rings (SSSR count). The highest BCUT2D eigenvalue weighted by Gasteiger charge is 2.48. The zero-order valence-corrected chi connectivity index (χ0v) is 12.7. The van der Waals surface area contributed by atoms with E-state index in [1.807, 2.05) is 66.7 Å². The standard InChI is InChI=1S/C20H17NO2/c22-19-16-11-4-5-12-17(16)20(23)21(19)18-13-7-6-10-15(18)14-8-2-1-3-9-14/h1-10,13,16-17H,11-12H2/t16-,17-/m0/s1. The van der Waals surface area contributed by atoms with Crippen molar-refractivity contribution >= 4 is 17.5 Å². The second-order valence-corrected chi connectivity index (χ2v) is 6.05. The van der Waals surface area contributed by atoms with Crippen LogP contribution in [0, 0.1) is 11.8 Å². The van der Waals surface area contributed by atoms with Gasteiger partial charge in [-0.05, 0) is 24.5 Å². The van der Waals surface area contributed by atoms with Gasteiger partial charge in [-0.1, -0.05) is 60.7 Å². The molecule has 1 saturated heterocycles. The largest absolute Gasteiger partial charge is 0.274 e. The summed E-state index contributed by atoms with van der Waals surface area (Å²) in [6.45, 7) is 0. The molecule has 23 heavy (non-hydrogen) atoms. The number of amides is 2. The summed E-state index contributed by atoms with van der Waals surface area (Å²) in [5.74, 6) is -0.520. The smallest absolute Gasteiger partial charge is 0.238 e. The van der Waals surface area contributed by atoms with Gasteiger partial charge in [0, 0.05) is 5.56 Å². The number of benzene rings is 2. The molecule has 2 aromatic carbocycles. The third-order valence-electron chi connectivity index (χ3n) is 4.74. The van der Waals surface area contributed by atoms with E-state index in [0.717, 1.165) is 11.1 Å². The minimum atomic E-state index is -0.198. The predicted molar refractivity (Wildman–Crippen MR) is 89.7 cm³/mol. The third kappa shape index (κ3) is 2.20. The molecule has 0 saturated carbocycles. The molecule has 1 aliphatic heterocycles. The quantitative estimate of drug-likeness (QED) is 0.625. The fourth-order valence-electron chi connectivity index (χ4n) is 3.57. The molecule has 0 spiro atoms. The Morgan fingerprint density at radius 2 is 1.30 bits per heavy atom. The lowest BCUT2D eigenvalue weighted by atomic mass is 9.85. The fourth-order valence-corrected chi connectivity index (χ4v) is 3.57. The van der Waals surface area contributed by atoms with Crippen molar-refractivity contribution in [3.8, 4) is 11.1 Å². The van der Waals surface area contributed by atoms with Gasteiger partial charge in [0.15, 0.2) is 0 Å². The van der Waals surface area contributed by atoms with Crippen LogP contribution in [0.4, 0.5) is 5.69 Å². The summed E-state index contributed by atoms with van der Waals surface area (Å²) in [6, 6.07) is 17.5. The van der Waals surface area contributed by atoms with E-state index in [1.54, 1.807) is 0 Å². The normalized spacial score (nSPS) is 23.2. The van der Waals surface area contributed by atoms with Crippen LogP contribution in [0.3, 0.4) is 0 Å².